The highest BCUT2D eigenvalue weighted by atomic mass is 16.2. The summed E-state index contributed by atoms with van der Waals surface area (Å²) in [4.78, 5) is 40.6. The van der Waals surface area contributed by atoms with Crippen LogP contribution in [0.3, 0.4) is 0 Å². The molecule has 34 heavy (non-hydrogen) atoms. The van der Waals surface area contributed by atoms with Crippen molar-refractivity contribution in [3.63, 3.8) is 0 Å². The van der Waals surface area contributed by atoms with Crippen LogP contribution >= 0.6 is 0 Å². The number of amides is 3. The van der Waals surface area contributed by atoms with Crippen LogP contribution in [0.2, 0.25) is 0 Å². The van der Waals surface area contributed by atoms with Crippen molar-refractivity contribution in [2.24, 2.45) is 23.7 Å². The number of hydrogen-bond acceptors (Lipinski definition) is 4. The van der Waals surface area contributed by atoms with Crippen LogP contribution in [0.15, 0.2) is 24.3 Å². The molecule has 3 amide bonds. The molecule has 6 rings (SSSR count). The molecule has 2 atom stereocenters. The minimum absolute atomic E-state index is 0.0395. The van der Waals surface area contributed by atoms with Gasteiger partial charge in [0.05, 0.1) is 11.6 Å². The Labute approximate surface area is 201 Å². The van der Waals surface area contributed by atoms with E-state index in [1.54, 1.807) is 23.1 Å². The molecule has 1 aromatic rings. The van der Waals surface area contributed by atoms with Crippen LogP contribution in [0.1, 0.15) is 63.0 Å². The number of nitrogens with zero attached hydrogens (tertiary/aromatic N) is 2. The smallest absolute Gasteiger partial charge is 0.246 e. The molecule has 0 radical (unpaired) electrons. The second kappa shape index (κ2) is 9.40. The van der Waals surface area contributed by atoms with Crippen LogP contribution in [-0.4, -0.2) is 47.3 Å². The van der Waals surface area contributed by atoms with E-state index in [1.807, 2.05) is 6.07 Å². The Morgan fingerprint density at radius 2 is 1.76 bits per heavy atom. The Hall–Kier alpha value is -2.88. The fourth-order valence-electron chi connectivity index (χ4n) is 7.40. The van der Waals surface area contributed by atoms with Crippen LogP contribution < -0.4 is 10.6 Å². The topological polar surface area (TPSA) is 102 Å². The maximum Gasteiger partial charge on any atom is 0.246 e. The standard InChI is InChI=1S/C27H34N4O3/c1-16(32)29-23(14-19-5-2-3-6-20(19)15-28)27(34)31-8-4-7-24(31)26(33)30-25-21-10-17-9-18(12-21)13-22(25)11-17/h2-3,5-6,17-18,21-25H,4,7-14H2,1H3,(H,29,32)(H,30,33)/t17?,18?,21?,22?,23-,24+,25?/m0/s1. The minimum atomic E-state index is -0.804. The average molecular weight is 463 g/mol. The van der Waals surface area contributed by atoms with E-state index in [-0.39, 0.29) is 30.2 Å². The predicted octanol–water partition coefficient (Wildman–Crippen LogP) is 2.54. The van der Waals surface area contributed by atoms with Gasteiger partial charge < -0.3 is 15.5 Å². The van der Waals surface area contributed by atoms with Crippen LogP contribution in [0, 0.1) is 35.0 Å². The molecule has 1 heterocycles. The van der Waals surface area contributed by atoms with Gasteiger partial charge in [-0.1, -0.05) is 18.2 Å². The van der Waals surface area contributed by atoms with Gasteiger partial charge in [-0.15, -0.1) is 0 Å². The summed E-state index contributed by atoms with van der Waals surface area (Å²) in [6.07, 6.45) is 7.94. The zero-order chi connectivity index (χ0) is 23.8. The molecule has 180 valence electrons. The maximum absolute atomic E-state index is 13.6. The molecule has 7 heteroatoms. The van der Waals surface area contributed by atoms with Crippen molar-refractivity contribution in [2.75, 3.05) is 6.54 Å². The zero-order valence-corrected chi connectivity index (χ0v) is 19.8. The van der Waals surface area contributed by atoms with Gasteiger partial charge in [-0.2, -0.15) is 5.26 Å². The Bertz CT molecular complexity index is 987. The van der Waals surface area contributed by atoms with Crippen molar-refractivity contribution in [3.8, 4) is 6.07 Å². The lowest BCUT2D eigenvalue weighted by Gasteiger charge is -2.54. The summed E-state index contributed by atoms with van der Waals surface area (Å²) < 4.78 is 0. The highest BCUT2D eigenvalue weighted by molar-refractivity contribution is 5.92. The highest BCUT2D eigenvalue weighted by Gasteiger charge is 2.49. The van der Waals surface area contributed by atoms with Crippen molar-refractivity contribution in [3.05, 3.63) is 35.4 Å². The van der Waals surface area contributed by atoms with Gasteiger partial charge in [0, 0.05) is 25.9 Å². The number of likely N-dealkylation sites (tertiary alicyclic amines) is 1. The second-order valence-electron chi connectivity index (χ2n) is 10.9. The third-order valence-corrected chi connectivity index (χ3v) is 8.61. The number of nitriles is 1. The van der Waals surface area contributed by atoms with Gasteiger partial charge in [-0.05, 0) is 80.2 Å². The van der Waals surface area contributed by atoms with Crippen LogP contribution in [0.4, 0.5) is 0 Å². The summed E-state index contributed by atoms with van der Waals surface area (Å²) in [6, 6.07) is 8.22. The van der Waals surface area contributed by atoms with E-state index in [0.717, 1.165) is 18.3 Å². The molecule has 7 nitrogen and oxygen atoms in total. The first-order valence-electron chi connectivity index (χ1n) is 12.8. The number of benzene rings is 1. The Kier molecular flexibility index (Phi) is 6.33. The molecule has 4 aliphatic carbocycles. The number of carbonyl (C=O) groups is 3. The predicted molar refractivity (Wildman–Crippen MR) is 126 cm³/mol. The van der Waals surface area contributed by atoms with Gasteiger partial charge >= 0.3 is 0 Å². The number of carbonyl (C=O) groups excluding carboxylic acids is 3. The van der Waals surface area contributed by atoms with Crippen molar-refractivity contribution >= 4 is 17.7 Å². The number of nitrogens with one attached hydrogen (secondary N) is 2. The summed E-state index contributed by atoms with van der Waals surface area (Å²) >= 11 is 0. The molecule has 4 saturated carbocycles. The van der Waals surface area contributed by atoms with E-state index in [1.165, 1.54) is 39.0 Å². The lowest BCUT2D eigenvalue weighted by atomic mass is 9.54. The van der Waals surface area contributed by atoms with Crippen LogP contribution in [-0.2, 0) is 20.8 Å². The van der Waals surface area contributed by atoms with Crippen molar-refractivity contribution in [1.82, 2.24) is 15.5 Å². The fourth-order valence-corrected chi connectivity index (χ4v) is 7.40. The van der Waals surface area contributed by atoms with E-state index in [0.29, 0.717) is 35.9 Å². The van der Waals surface area contributed by atoms with E-state index >= 15 is 0 Å². The Morgan fingerprint density at radius 1 is 1.09 bits per heavy atom. The largest absolute Gasteiger partial charge is 0.351 e. The summed E-state index contributed by atoms with van der Waals surface area (Å²) in [5, 5.41) is 15.6. The van der Waals surface area contributed by atoms with Gasteiger partial charge in [0.15, 0.2) is 0 Å². The summed E-state index contributed by atoms with van der Waals surface area (Å²) in [7, 11) is 0. The number of rotatable bonds is 6. The second-order valence-corrected chi connectivity index (χ2v) is 10.9. The SMILES string of the molecule is CC(=O)N[C@@H](Cc1ccccc1C#N)C(=O)N1CCC[C@@H]1C(=O)NC1C2CC3CC(C2)CC1C3. The third-order valence-electron chi connectivity index (χ3n) is 8.61. The molecule has 4 bridgehead atoms. The first kappa shape index (κ1) is 22.9. The fraction of sp³-hybridized carbons (Fsp3) is 0.630. The van der Waals surface area contributed by atoms with Crippen LogP contribution in [0.25, 0.3) is 0 Å². The molecule has 0 spiro atoms. The Balaban J connectivity index is 1.29. The van der Waals surface area contributed by atoms with E-state index in [2.05, 4.69) is 16.7 Å². The summed E-state index contributed by atoms with van der Waals surface area (Å²) in [5.74, 6) is 2.26. The van der Waals surface area contributed by atoms with Crippen molar-refractivity contribution in [1.29, 1.82) is 5.26 Å². The minimum Gasteiger partial charge on any atom is -0.351 e. The molecule has 0 aromatic heterocycles. The Morgan fingerprint density at radius 3 is 2.41 bits per heavy atom. The van der Waals surface area contributed by atoms with Crippen molar-refractivity contribution in [2.45, 2.75) is 76.4 Å². The van der Waals surface area contributed by atoms with E-state index in [9.17, 15) is 19.6 Å². The maximum atomic E-state index is 13.6. The third kappa shape index (κ3) is 4.43. The highest BCUT2D eigenvalue weighted by Crippen LogP contribution is 2.53. The molecular weight excluding hydrogens is 428 g/mol. The van der Waals surface area contributed by atoms with Gasteiger partial charge in [0.2, 0.25) is 17.7 Å². The molecule has 0 unspecified atom stereocenters. The lowest BCUT2D eigenvalue weighted by Crippen LogP contribution is -2.59. The van der Waals surface area contributed by atoms with Crippen LogP contribution in [0.5, 0.6) is 0 Å². The van der Waals surface area contributed by atoms with Gasteiger partial charge in [-0.25, -0.2) is 0 Å². The van der Waals surface area contributed by atoms with Gasteiger partial charge in [0.25, 0.3) is 0 Å². The zero-order valence-electron chi connectivity index (χ0n) is 19.8. The first-order valence-corrected chi connectivity index (χ1v) is 12.8. The van der Waals surface area contributed by atoms with E-state index in [4.69, 9.17) is 0 Å². The normalized spacial score (nSPS) is 32.2. The quantitative estimate of drug-likeness (QED) is 0.678. The molecular formula is C27H34N4O3. The lowest BCUT2D eigenvalue weighted by molar-refractivity contribution is -0.142. The summed E-state index contributed by atoms with van der Waals surface area (Å²) in [5.41, 5.74) is 1.20. The average Bonchev–Trinajstić information content (AvgIpc) is 3.30. The summed E-state index contributed by atoms with van der Waals surface area (Å²) in [6.45, 7) is 1.89. The monoisotopic (exact) mass is 462 g/mol. The van der Waals surface area contributed by atoms with Gasteiger partial charge in [0.1, 0.15) is 12.1 Å². The molecule has 5 fully saturated rings. The van der Waals surface area contributed by atoms with Crippen molar-refractivity contribution < 1.29 is 14.4 Å². The molecule has 5 aliphatic rings. The number of hydrogen-bond donors (Lipinski definition) is 2. The molecule has 1 aromatic carbocycles. The van der Waals surface area contributed by atoms with Gasteiger partial charge in [-0.3, -0.25) is 14.4 Å². The molecule has 1 aliphatic heterocycles. The van der Waals surface area contributed by atoms with E-state index < -0.39 is 12.1 Å². The first-order chi connectivity index (χ1) is 16.4. The molecule has 2 N–H and O–H groups in total. The molecule has 1 saturated heterocycles.